The van der Waals surface area contributed by atoms with E-state index < -0.39 is 0 Å². The molecule has 0 aromatic carbocycles. The molecule has 0 unspecified atom stereocenters. The zero-order valence-corrected chi connectivity index (χ0v) is 17.7. The molecule has 0 fully saturated rings. The van der Waals surface area contributed by atoms with Crippen molar-refractivity contribution < 1.29 is 43.7 Å². The zero-order chi connectivity index (χ0) is 4.00. The standard InChI is InChI=1S/2In.2O.2Sn.2Zn.10H. The van der Waals surface area contributed by atoms with E-state index in [9.17, 15) is 0 Å². The predicted molar refractivity (Wildman–Crippen MR) is 38.3 cm³/mol. The molecule has 40 valence electrons. The third-order valence-corrected chi connectivity index (χ3v) is 0. The molecule has 4 radical (unpaired) electrons. The quantitative estimate of drug-likeness (QED) is 0.251. The van der Waals surface area contributed by atoms with Gasteiger partial charge in [0.25, 0.3) is 0 Å². The maximum atomic E-state index is 8.38. The molecule has 0 N–H and O–H groups in total. The van der Waals surface area contributed by atoms with Crippen LogP contribution in [0.4, 0.5) is 0 Å². The number of hydrogen-bond acceptors (Lipinski definition) is 2. The van der Waals surface area contributed by atoms with Crippen molar-refractivity contribution in [1.29, 1.82) is 0 Å². The van der Waals surface area contributed by atoms with E-state index in [1.165, 1.54) is 0 Å². The molecule has 8 heavy (non-hydrogen) atoms. The van der Waals surface area contributed by atoms with Crippen LogP contribution in [0.2, 0.25) is 0 Å². The summed E-state index contributed by atoms with van der Waals surface area (Å²) in [7, 11) is 0. The first-order chi connectivity index (χ1) is 2.00. The molecule has 8 heteroatoms. The fourth-order valence-corrected chi connectivity index (χ4v) is 0. The molecule has 0 aliphatic heterocycles. The summed E-state index contributed by atoms with van der Waals surface area (Å²) in [5.41, 5.74) is 0. The van der Waals surface area contributed by atoms with Crippen LogP contribution >= 0.6 is 0 Å². The van der Waals surface area contributed by atoms with Gasteiger partial charge in [-0.25, -0.2) is 0 Å². The number of rotatable bonds is 0. The minimum absolute atomic E-state index is 0. The van der Waals surface area contributed by atoms with E-state index in [0.717, 1.165) is 0 Å². The molecule has 0 saturated heterocycles. The average Bonchev–Trinajstić information content (AvgIpc) is 1.50. The molecule has 0 aromatic rings. The third-order valence-electron chi connectivity index (χ3n) is 0. The Morgan fingerprint density at radius 3 is 0.625 bits per heavy atom. The van der Waals surface area contributed by atoms with Gasteiger partial charge in [0.2, 0.25) is 0 Å². The van der Waals surface area contributed by atoms with Crippen molar-refractivity contribution in [2.24, 2.45) is 0 Å². The predicted octanol–water partition coefficient (Wildman–Crippen LogP) is -4.44. The van der Waals surface area contributed by atoms with Crippen molar-refractivity contribution in [3.05, 3.63) is 0 Å². The topological polar surface area (TPSA) is 34.1 Å². The summed E-state index contributed by atoms with van der Waals surface area (Å²) in [5, 5.41) is 0. The molecular weight excluding hydrogens is 630 g/mol. The summed E-state index contributed by atoms with van der Waals surface area (Å²) >= 11 is 0.250. The Labute approximate surface area is 140 Å². The zero-order valence-electron chi connectivity index (χ0n) is 3.64. The molecular formula is H10In2O2Sn2Zn2. The fraction of sp³-hybridized carbons (Fsp3) is 0. The Balaban J connectivity index is -0.00000000167. The molecule has 0 bridgehead atoms. The van der Waals surface area contributed by atoms with Gasteiger partial charge in [-0.2, -0.15) is 0 Å². The first kappa shape index (κ1) is 39.9. The van der Waals surface area contributed by atoms with Crippen LogP contribution in [0.1, 0.15) is 0 Å². The van der Waals surface area contributed by atoms with Gasteiger partial charge in [0.1, 0.15) is 0 Å². The van der Waals surface area contributed by atoms with E-state index in [1.807, 2.05) is 0 Å². The summed E-state index contributed by atoms with van der Waals surface area (Å²) in [6, 6.07) is 0. The van der Waals surface area contributed by atoms with Crippen LogP contribution in [0, 0.1) is 0 Å². The van der Waals surface area contributed by atoms with Crippen molar-refractivity contribution in [2.45, 2.75) is 0 Å². The van der Waals surface area contributed by atoms with E-state index in [1.54, 1.807) is 0 Å². The molecule has 2 nitrogen and oxygen atoms in total. The van der Waals surface area contributed by atoms with Crippen molar-refractivity contribution in [3.63, 3.8) is 0 Å². The fourth-order valence-electron chi connectivity index (χ4n) is 0. The van der Waals surface area contributed by atoms with Gasteiger partial charge >= 0.3 is 143 Å². The molecule has 0 amide bonds. The van der Waals surface area contributed by atoms with Gasteiger partial charge in [-0.1, -0.05) is 0 Å². The molecule has 0 aromatic heterocycles. The van der Waals surface area contributed by atoms with Gasteiger partial charge in [-0.05, 0) is 0 Å². The third kappa shape index (κ3) is 49.1. The Bertz CT molecular complexity index is 18.0. The van der Waals surface area contributed by atoms with E-state index in [-0.39, 0.29) is 136 Å². The Hall–Kier alpha value is 4.18. The van der Waals surface area contributed by atoms with Crippen LogP contribution in [0.15, 0.2) is 0 Å². The second-order valence-electron chi connectivity index (χ2n) is 0. The van der Waals surface area contributed by atoms with E-state index in [0.29, 0.717) is 0 Å². The van der Waals surface area contributed by atoms with Crippen molar-refractivity contribution >= 4 is 99.5 Å². The summed E-state index contributed by atoms with van der Waals surface area (Å²) in [6.07, 6.45) is 0. The van der Waals surface area contributed by atoms with Crippen LogP contribution < -0.4 is 0 Å². The van der Waals surface area contributed by atoms with Gasteiger partial charge in [0.05, 0.1) is 0 Å². The average molecular weight is 640 g/mol. The molecule has 0 aliphatic rings. The van der Waals surface area contributed by atoms with Gasteiger partial charge in [-0.15, -0.1) is 0 Å². The van der Waals surface area contributed by atoms with Crippen LogP contribution in [0.3, 0.4) is 0 Å². The van der Waals surface area contributed by atoms with Gasteiger partial charge in [-0.3, -0.25) is 0 Å². The summed E-state index contributed by atoms with van der Waals surface area (Å²) < 4.78 is 16.8. The van der Waals surface area contributed by atoms with Gasteiger partial charge < -0.3 is 0 Å². The van der Waals surface area contributed by atoms with E-state index in [2.05, 4.69) is 0 Å². The summed E-state index contributed by atoms with van der Waals surface area (Å²) in [6.45, 7) is 0. The first-order valence-corrected chi connectivity index (χ1v) is 3.00. The second kappa shape index (κ2) is 66.3. The van der Waals surface area contributed by atoms with E-state index >= 15 is 0 Å². The van der Waals surface area contributed by atoms with Crippen LogP contribution in [-0.2, 0) is 43.7 Å². The summed E-state index contributed by atoms with van der Waals surface area (Å²) in [5.74, 6) is 0. The Morgan fingerprint density at radius 1 is 0.625 bits per heavy atom. The Morgan fingerprint density at radius 2 is 0.625 bits per heavy atom. The van der Waals surface area contributed by atoms with Crippen molar-refractivity contribution in [2.75, 3.05) is 0 Å². The molecule has 0 spiro atoms. The summed E-state index contributed by atoms with van der Waals surface area (Å²) in [4.78, 5) is 0. The van der Waals surface area contributed by atoms with Gasteiger partial charge in [0, 0.05) is 0 Å². The molecule has 0 rings (SSSR count). The molecule has 0 aliphatic carbocycles. The molecule has 0 atom stereocenters. The second-order valence-corrected chi connectivity index (χ2v) is 0. The van der Waals surface area contributed by atoms with Crippen LogP contribution in [-0.4, -0.2) is 99.5 Å². The monoisotopic (exact) mass is 640 g/mol. The SMILES string of the molecule is [InH3].[InH3].[O]=[Zn].[O]=[Zn].[SnH2].[SnH2]. The number of hydrogen-bond donors (Lipinski definition) is 0. The normalized spacial score (nSPS) is 1.50. The van der Waals surface area contributed by atoms with Crippen LogP contribution in [0.25, 0.3) is 0 Å². The molecule has 0 heterocycles. The van der Waals surface area contributed by atoms with Gasteiger partial charge in [0.15, 0.2) is 0 Å². The van der Waals surface area contributed by atoms with E-state index in [4.69, 9.17) is 7.15 Å². The minimum atomic E-state index is 0. The maximum absolute atomic E-state index is 8.38. The van der Waals surface area contributed by atoms with Crippen molar-refractivity contribution in [1.82, 2.24) is 0 Å². The van der Waals surface area contributed by atoms with Crippen molar-refractivity contribution in [3.8, 4) is 0 Å². The molecule has 0 saturated carbocycles. The first-order valence-electron chi connectivity index (χ1n) is 0.577. The van der Waals surface area contributed by atoms with Crippen LogP contribution in [0.5, 0.6) is 0 Å². The Kier molecular flexibility index (Phi) is 330.